The molecular weight excluding hydrogens is 737 g/mol. The zero-order valence-electron chi connectivity index (χ0n) is 34.5. The molecule has 7 aromatic rings. The fraction of sp³-hybridized carbons (Fsp3) is 0.333. The minimum Gasteiger partial charge on any atom is -0.382 e. The molecule has 6 aliphatic heterocycles. The van der Waals surface area contributed by atoms with Crippen molar-refractivity contribution in [2.24, 2.45) is 23.7 Å². The van der Waals surface area contributed by atoms with Gasteiger partial charge >= 0.3 is 0 Å². The Hall–Kier alpha value is -5.24. The van der Waals surface area contributed by atoms with Crippen LogP contribution in [0.4, 0.5) is 0 Å². The molecule has 0 radical (unpaired) electrons. The molecule has 2 aromatic heterocycles. The Morgan fingerprint density at radius 1 is 0.533 bits per heavy atom. The van der Waals surface area contributed by atoms with Crippen molar-refractivity contribution in [3.8, 4) is 0 Å². The lowest BCUT2D eigenvalue weighted by molar-refractivity contribution is -0.984. The molecule has 0 amide bonds. The normalized spacial score (nSPS) is 29.6. The minimum atomic E-state index is -0.611. The van der Waals surface area contributed by atoms with Crippen LogP contribution in [0.25, 0.3) is 43.4 Å². The molecule has 60 heavy (non-hydrogen) atoms. The van der Waals surface area contributed by atoms with Gasteiger partial charge in [-0.3, -0.25) is 9.97 Å². The maximum Gasteiger partial charge on any atom is 0.131 e. The summed E-state index contributed by atoms with van der Waals surface area (Å²) in [7, 11) is 0. The SMILES string of the molecule is C=CC1C[N+]2(Cc3c4ccccc4c(C[N+]45CCC(C[C@@H]4C(O)c4ccnc6ccccc46)C(C=C)C5)c4ccccc34)CCC1C[C@@H]2C(O)c1ccnc2ccccc12. The lowest BCUT2D eigenvalue weighted by Gasteiger charge is -2.58. The van der Waals surface area contributed by atoms with E-state index in [9.17, 15) is 10.2 Å². The lowest BCUT2D eigenvalue weighted by Crippen LogP contribution is -2.67. The van der Waals surface area contributed by atoms with Crippen molar-refractivity contribution in [1.29, 1.82) is 0 Å². The molecule has 302 valence electrons. The number of hydrogen-bond donors (Lipinski definition) is 2. The number of quaternary nitrogens is 2. The highest BCUT2D eigenvalue weighted by Gasteiger charge is 2.56. The van der Waals surface area contributed by atoms with Crippen molar-refractivity contribution < 1.29 is 19.2 Å². The van der Waals surface area contributed by atoms with Crippen molar-refractivity contribution in [2.75, 3.05) is 26.2 Å². The van der Waals surface area contributed by atoms with E-state index in [1.165, 1.54) is 32.7 Å². The third-order valence-corrected chi connectivity index (χ3v) is 16.2. The molecule has 0 spiro atoms. The average Bonchev–Trinajstić information content (AvgIpc) is 3.31. The summed E-state index contributed by atoms with van der Waals surface area (Å²) in [5, 5.41) is 32.6. The van der Waals surface area contributed by atoms with Crippen LogP contribution in [-0.4, -0.2) is 67.4 Å². The van der Waals surface area contributed by atoms with Crippen LogP contribution in [0.5, 0.6) is 0 Å². The van der Waals surface area contributed by atoms with Gasteiger partial charge in [-0.1, -0.05) is 97.1 Å². The summed E-state index contributed by atoms with van der Waals surface area (Å²) in [5.41, 5.74) is 6.60. The Labute approximate surface area is 353 Å². The Balaban J connectivity index is 1.04. The monoisotopic (exact) mass is 792 g/mol. The first kappa shape index (κ1) is 37.7. The Bertz CT molecular complexity index is 2540. The number of aromatic nitrogens is 2. The van der Waals surface area contributed by atoms with Gasteiger partial charge in [0.25, 0.3) is 0 Å². The van der Waals surface area contributed by atoms with Crippen molar-refractivity contribution in [2.45, 2.75) is 63.1 Å². The fourth-order valence-electron chi connectivity index (χ4n) is 13.2. The van der Waals surface area contributed by atoms with Crippen molar-refractivity contribution in [3.05, 3.63) is 169 Å². The number of nitrogens with zero attached hydrogens (tertiary/aromatic N) is 4. The molecule has 13 rings (SSSR count). The summed E-state index contributed by atoms with van der Waals surface area (Å²) >= 11 is 0. The van der Waals surface area contributed by atoms with Gasteiger partial charge < -0.3 is 19.2 Å². The summed E-state index contributed by atoms with van der Waals surface area (Å²) in [6, 6.07) is 39.0. The van der Waals surface area contributed by atoms with Gasteiger partial charge in [0.05, 0.1) is 37.2 Å². The molecule has 2 N–H and O–H groups in total. The highest BCUT2D eigenvalue weighted by molar-refractivity contribution is 6.05. The van der Waals surface area contributed by atoms with Crippen LogP contribution in [0, 0.1) is 23.7 Å². The van der Waals surface area contributed by atoms with Crippen LogP contribution in [0.3, 0.4) is 0 Å². The predicted octanol–water partition coefficient (Wildman–Crippen LogP) is 10.4. The van der Waals surface area contributed by atoms with E-state index in [0.29, 0.717) is 23.7 Å². The van der Waals surface area contributed by atoms with Crippen LogP contribution >= 0.6 is 0 Å². The Morgan fingerprint density at radius 3 is 1.28 bits per heavy atom. The van der Waals surface area contributed by atoms with Gasteiger partial charge in [-0.05, 0) is 68.8 Å². The zero-order chi connectivity index (χ0) is 40.6. The molecule has 6 nitrogen and oxygen atoms in total. The zero-order valence-corrected chi connectivity index (χ0v) is 34.5. The lowest BCUT2D eigenvalue weighted by atomic mass is 9.70. The molecule has 6 heteroatoms. The van der Waals surface area contributed by atoms with E-state index in [1.54, 1.807) is 0 Å². The molecule has 6 fully saturated rings. The van der Waals surface area contributed by atoms with Crippen molar-refractivity contribution in [3.63, 3.8) is 0 Å². The second kappa shape index (κ2) is 14.7. The number of pyridine rings is 2. The highest BCUT2D eigenvalue weighted by Crippen LogP contribution is 2.52. The Kier molecular flexibility index (Phi) is 9.27. The van der Waals surface area contributed by atoms with Crippen LogP contribution in [0.1, 0.15) is 60.1 Å². The van der Waals surface area contributed by atoms with Gasteiger partial charge in [-0.15, -0.1) is 13.2 Å². The number of para-hydroxylation sites is 2. The number of benzene rings is 5. The number of aliphatic hydroxyl groups excluding tert-OH is 2. The Morgan fingerprint density at radius 2 is 0.900 bits per heavy atom. The molecule has 8 heterocycles. The van der Waals surface area contributed by atoms with Gasteiger partial charge in [0, 0.05) is 71.8 Å². The van der Waals surface area contributed by atoms with Crippen LogP contribution in [0.15, 0.2) is 147 Å². The summed E-state index contributed by atoms with van der Waals surface area (Å²) in [6.07, 6.45) is 11.2. The van der Waals surface area contributed by atoms with E-state index >= 15 is 0 Å². The van der Waals surface area contributed by atoms with Gasteiger partial charge in [-0.2, -0.15) is 0 Å². The van der Waals surface area contributed by atoms with E-state index in [-0.39, 0.29) is 12.1 Å². The molecule has 6 saturated heterocycles. The molecule has 8 unspecified atom stereocenters. The first-order valence-corrected chi connectivity index (χ1v) is 22.3. The van der Waals surface area contributed by atoms with Crippen LogP contribution < -0.4 is 0 Å². The van der Waals surface area contributed by atoms with Gasteiger partial charge in [0.15, 0.2) is 0 Å². The average molecular weight is 793 g/mol. The fourth-order valence-corrected chi connectivity index (χ4v) is 13.2. The van der Waals surface area contributed by atoms with Crippen molar-refractivity contribution in [1.82, 2.24) is 9.97 Å². The molecule has 6 aliphatic rings. The summed E-state index contributed by atoms with van der Waals surface area (Å²) in [4.78, 5) is 9.32. The molecule has 4 bridgehead atoms. The van der Waals surface area contributed by atoms with Crippen molar-refractivity contribution >= 4 is 43.4 Å². The number of rotatable bonds is 10. The largest absolute Gasteiger partial charge is 0.382 e. The first-order valence-electron chi connectivity index (χ1n) is 22.3. The maximum atomic E-state index is 12.6. The molecule has 10 atom stereocenters. The standard InChI is InChI=1S/C54H56N4O2/c1-3-35-31-57(27-23-37(35)29-51(57)53(59)45-21-25-55-49-19-11-9-17-43(45)49)33-47-39-13-5-7-15-41(39)48(42-16-8-6-14-40(42)47)34-58-28-24-38(36(4-2)32-58)30-52(58)54(60)46-22-26-56-50-20-12-10-18-44(46)50/h3-22,25-26,35-38,51-54,59-60H,1-2,23-24,27-34H2/q+2/t35?,36?,37?,38?,51-,52-,53?,54?,57?,58?/m1/s1. The topological polar surface area (TPSA) is 66.2 Å². The molecule has 0 saturated carbocycles. The summed E-state index contributed by atoms with van der Waals surface area (Å²) in [6.45, 7) is 14.4. The third-order valence-electron chi connectivity index (χ3n) is 16.2. The van der Waals surface area contributed by atoms with E-state index in [1.807, 2.05) is 36.7 Å². The van der Waals surface area contributed by atoms with Crippen LogP contribution in [0.2, 0.25) is 0 Å². The smallest absolute Gasteiger partial charge is 0.131 e. The molecule has 5 aromatic carbocycles. The number of fused-ring (bicyclic) bond motifs is 10. The maximum absolute atomic E-state index is 12.6. The predicted molar refractivity (Wildman–Crippen MR) is 243 cm³/mol. The number of piperidine rings is 6. The van der Waals surface area contributed by atoms with Gasteiger partial charge in [0.1, 0.15) is 37.4 Å². The summed E-state index contributed by atoms with van der Waals surface area (Å²) < 4.78 is 1.68. The summed E-state index contributed by atoms with van der Waals surface area (Å²) in [5.74, 6) is 1.90. The van der Waals surface area contributed by atoms with Crippen LogP contribution in [-0.2, 0) is 13.1 Å². The second-order valence-electron chi connectivity index (χ2n) is 18.8. The quantitative estimate of drug-likeness (QED) is 0.0823. The molecule has 0 aliphatic carbocycles. The van der Waals surface area contributed by atoms with E-state index in [0.717, 1.165) is 107 Å². The minimum absolute atomic E-state index is 0.0540. The van der Waals surface area contributed by atoms with E-state index in [2.05, 4.69) is 120 Å². The van der Waals surface area contributed by atoms with Gasteiger partial charge in [0.2, 0.25) is 0 Å². The molecular formula is C54H56N4O2+2. The second-order valence-corrected chi connectivity index (χ2v) is 18.8. The van der Waals surface area contributed by atoms with E-state index < -0.39 is 12.2 Å². The first-order chi connectivity index (χ1) is 29.4. The van der Waals surface area contributed by atoms with Gasteiger partial charge in [-0.25, -0.2) is 0 Å². The number of aliphatic hydroxyl groups is 2. The van der Waals surface area contributed by atoms with E-state index in [4.69, 9.17) is 0 Å². The highest BCUT2D eigenvalue weighted by atomic mass is 16.3. The number of hydrogen-bond acceptors (Lipinski definition) is 4. The third kappa shape index (κ3) is 5.90.